The maximum absolute atomic E-state index is 4.53. The molecule has 1 heteroatoms. The van der Waals surface area contributed by atoms with Gasteiger partial charge in [0.25, 0.3) is 0 Å². The summed E-state index contributed by atoms with van der Waals surface area (Å²) in [6.07, 6.45) is 2.14. The first-order valence-electron chi connectivity index (χ1n) is 9.75. The van der Waals surface area contributed by atoms with Crippen LogP contribution in [0.1, 0.15) is 35.6 Å². The molecule has 0 aliphatic heterocycles. The molecule has 0 saturated heterocycles. The number of anilines is 1. The Bertz CT molecular complexity index is 942. The van der Waals surface area contributed by atoms with Crippen molar-refractivity contribution in [2.75, 3.05) is 5.32 Å². The molecule has 0 heterocycles. The molecule has 0 unspecified atom stereocenters. The molecule has 0 radical (unpaired) electrons. The van der Waals surface area contributed by atoms with Gasteiger partial charge in [0.1, 0.15) is 0 Å². The third kappa shape index (κ3) is 3.30. The van der Waals surface area contributed by atoms with Gasteiger partial charge in [-0.15, -0.1) is 0 Å². The van der Waals surface area contributed by atoms with Gasteiger partial charge in [0.05, 0.1) is 5.54 Å². The van der Waals surface area contributed by atoms with Crippen LogP contribution in [-0.4, -0.2) is 0 Å². The Balaban J connectivity index is 1.70. The van der Waals surface area contributed by atoms with E-state index in [4.69, 9.17) is 0 Å². The Morgan fingerprint density at radius 3 is 2.30 bits per heavy atom. The minimum absolute atomic E-state index is 0.156. The summed E-state index contributed by atoms with van der Waals surface area (Å²) >= 11 is 0. The number of aryl methyl sites for hydroxylation is 2. The molecule has 1 aliphatic rings. The number of hydrogen-bond acceptors (Lipinski definition) is 1. The van der Waals surface area contributed by atoms with Gasteiger partial charge in [-0.2, -0.15) is 0 Å². The molecule has 1 N–H and O–H groups in total. The number of hydrogen-bond donors (Lipinski definition) is 1. The van der Waals surface area contributed by atoms with E-state index in [0.717, 1.165) is 18.5 Å². The number of fused-ring (bicyclic) bond motifs is 1. The zero-order chi connectivity index (χ0) is 18.9. The molecule has 3 aromatic rings. The Morgan fingerprint density at radius 1 is 0.926 bits per heavy atom. The summed E-state index contributed by atoms with van der Waals surface area (Å²) in [5.74, 6) is 0.356. The molecule has 2 atom stereocenters. The van der Waals surface area contributed by atoms with E-state index in [1.807, 2.05) is 0 Å². The fourth-order valence-corrected chi connectivity index (χ4v) is 4.49. The molecule has 3 aromatic carbocycles. The van der Waals surface area contributed by atoms with Crippen LogP contribution in [0.3, 0.4) is 0 Å². The van der Waals surface area contributed by atoms with Crippen molar-refractivity contribution in [3.05, 3.63) is 108 Å². The molecule has 0 saturated carbocycles. The lowest BCUT2D eigenvalue weighted by atomic mass is 9.80. The van der Waals surface area contributed by atoms with E-state index in [1.54, 1.807) is 0 Å². The summed E-state index contributed by atoms with van der Waals surface area (Å²) in [6, 6.07) is 28.1. The van der Waals surface area contributed by atoms with Crippen LogP contribution in [0.15, 0.2) is 85.4 Å². The Labute approximate surface area is 162 Å². The largest absolute Gasteiger partial charge is 0.375 e. The zero-order valence-electron chi connectivity index (χ0n) is 16.2. The molecular formula is C26H27N. The smallest absolute Gasteiger partial charge is 0.0671 e. The van der Waals surface area contributed by atoms with Gasteiger partial charge >= 0.3 is 0 Å². The minimum atomic E-state index is -0.156. The van der Waals surface area contributed by atoms with E-state index in [9.17, 15) is 0 Å². The van der Waals surface area contributed by atoms with Crippen molar-refractivity contribution in [1.29, 1.82) is 0 Å². The summed E-state index contributed by atoms with van der Waals surface area (Å²) < 4.78 is 0. The van der Waals surface area contributed by atoms with Crippen molar-refractivity contribution in [1.82, 2.24) is 0 Å². The second-order valence-electron chi connectivity index (χ2n) is 7.84. The quantitative estimate of drug-likeness (QED) is 0.545. The third-order valence-electron chi connectivity index (χ3n) is 5.94. The molecule has 4 rings (SSSR count). The Hall–Kier alpha value is -2.80. The summed E-state index contributed by atoms with van der Waals surface area (Å²) in [6.45, 7) is 9.02. The average molecular weight is 354 g/mol. The fraction of sp³-hybridized carbons (Fsp3) is 0.231. The highest BCUT2D eigenvalue weighted by Gasteiger charge is 2.45. The summed E-state index contributed by atoms with van der Waals surface area (Å²) in [4.78, 5) is 0. The van der Waals surface area contributed by atoms with Crippen LogP contribution >= 0.6 is 0 Å². The monoisotopic (exact) mass is 353 g/mol. The van der Waals surface area contributed by atoms with E-state index >= 15 is 0 Å². The average Bonchev–Trinajstić information content (AvgIpc) is 2.88. The van der Waals surface area contributed by atoms with Crippen LogP contribution in [0.5, 0.6) is 0 Å². The Kier molecular flexibility index (Phi) is 4.61. The molecule has 27 heavy (non-hydrogen) atoms. The van der Waals surface area contributed by atoms with Gasteiger partial charge in [-0.1, -0.05) is 78.9 Å². The molecule has 0 spiro atoms. The second kappa shape index (κ2) is 7.08. The number of para-hydroxylation sites is 1. The lowest BCUT2D eigenvalue weighted by molar-refractivity contribution is 0.404. The van der Waals surface area contributed by atoms with Gasteiger partial charge in [-0.3, -0.25) is 0 Å². The standard InChI is InChI=1S/C26H27N/c1-19-14-16-25-23(18-19)20(2)24(17-15-21-10-6-4-7-11-21)26(25,3)27-22-12-8-5-9-13-22/h4-14,16,18,24,27H,2,15,17H2,1,3H3/t24-,26-/m0/s1. The van der Waals surface area contributed by atoms with E-state index in [1.165, 1.54) is 27.8 Å². The van der Waals surface area contributed by atoms with Crippen molar-refractivity contribution in [2.24, 2.45) is 5.92 Å². The van der Waals surface area contributed by atoms with E-state index in [-0.39, 0.29) is 5.54 Å². The van der Waals surface area contributed by atoms with Crippen LogP contribution in [0, 0.1) is 12.8 Å². The summed E-state index contributed by atoms with van der Waals surface area (Å²) in [7, 11) is 0. The number of benzene rings is 3. The first-order valence-corrected chi connectivity index (χ1v) is 9.75. The topological polar surface area (TPSA) is 12.0 Å². The van der Waals surface area contributed by atoms with Crippen LogP contribution in [0.25, 0.3) is 5.57 Å². The number of nitrogens with one attached hydrogen (secondary N) is 1. The highest BCUT2D eigenvalue weighted by atomic mass is 15.0. The van der Waals surface area contributed by atoms with Gasteiger partial charge in [-0.05, 0) is 61.1 Å². The Morgan fingerprint density at radius 2 is 1.59 bits per heavy atom. The van der Waals surface area contributed by atoms with Crippen LogP contribution in [0.4, 0.5) is 5.69 Å². The maximum Gasteiger partial charge on any atom is 0.0671 e. The van der Waals surface area contributed by atoms with Gasteiger partial charge in [0, 0.05) is 11.6 Å². The lowest BCUT2D eigenvalue weighted by Crippen LogP contribution is -2.36. The normalized spacial score (nSPS) is 21.1. The molecular weight excluding hydrogens is 326 g/mol. The summed E-state index contributed by atoms with van der Waals surface area (Å²) in [5.41, 5.74) is 7.62. The molecule has 136 valence electrons. The van der Waals surface area contributed by atoms with Gasteiger partial charge < -0.3 is 5.32 Å². The number of rotatable bonds is 5. The minimum Gasteiger partial charge on any atom is -0.375 e. The third-order valence-corrected chi connectivity index (χ3v) is 5.94. The van der Waals surface area contributed by atoms with Crippen LogP contribution in [0.2, 0.25) is 0 Å². The van der Waals surface area contributed by atoms with E-state index in [0.29, 0.717) is 5.92 Å². The van der Waals surface area contributed by atoms with Crippen molar-refractivity contribution in [3.63, 3.8) is 0 Å². The predicted molar refractivity (Wildman–Crippen MR) is 116 cm³/mol. The molecule has 1 nitrogen and oxygen atoms in total. The van der Waals surface area contributed by atoms with Gasteiger partial charge in [0.2, 0.25) is 0 Å². The van der Waals surface area contributed by atoms with Crippen molar-refractivity contribution in [2.45, 2.75) is 32.2 Å². The zero-order valence-corrected chi connectivity index (χ0v) is 16.2. The molecule has 0 aromatic heterocycles. The highest BCUT2D eigenvalue weighted by molar-refractivity contribution is 5.78. The molecule has 1 aliphatic carbocycles. The van der Waals surface area contributed by atoms with Crippen LogP contribution in [-0.2, 0) is 12.0 Å². The van der Waals surface area contributed by atoms with Crippen molar-refractivity contribution in [3.8, 4) is 0 Å². The SMILES string of the molecule is C=C1c2cc(C)ccc2[C@@](C)(Nc2ccccc2)[C@H]1CCc1ccccc1. The first kappa shape index (κ1) is 17.6. The van der Waals surface area contributed by atoms with Gasteiger partial charge in [0.15, 0.2) is 0 Å². The summed E-state index contributed by atoms with van der Waals surface area (Å²) in [5, 5.41) is 3.85. The fourth-order valence-electron chi connectivity index (χ4n) is 4.49. The maximum atomic E-state index is 4.53. The predicted octanol–water partition coefficient (Wildman–Crippen LogP) is 6.60. The van der Waals surface area contributed by atoms with Crippen molar-refractivity contribution < 1.29 is 0 Å². The van der Waals surface area contributed by atoms with Crippen molar-refractivity contribution >= 4 is 11.3 Å². The van der Waals surface area contributed by atoms with Crippen LogP contribution < -0.4 is 5.32 Å². The second-order valence-corrected chi connectivity index (χ2v) is 7.84. The highest BCUT2D eigenvalue weighted by Crippen LogP contribution is 2.51. The molecule has 0 amide bonds. The van der Waals surface area contributed by atoms with Gasteiger partial charge in [-0.25, -0.2) is 0 Å². The van der Waals surface area contributed by atoms with E-state index in [2.05, 4.69) is 105 Å². The lowest BCUT2D eigenvalue weighted by Gasteiger charge is -2.35. The molecule has 0 fully saturated rings. The first-order chi connectivity index (χ1) is 13.1. The van der Waals surface area contributed by atoms with E-state index < -0.39 is 0 Å². The molecule has 0 bridgehead atoms.